The van der Waals surface area contributed by atoms with E-state index >= 15 is 0 Å². The molecule has 1 heterocycles. The van der Waals surface area contributed by atoms with E-state index in [2.05, 4.69) is 11.1 Å². The van der Waals surface area contributed by atoms with Gasteiger partial charge in [0.05, 0.1) is 17.3 Å². The van der Waals surface area contributed by atoms with Gasteiger partial charge in [0, 0.05) is 18.8 Å². The monoisotopic (exact) mass is 344 g/mol. The summed E-state index contributed by atoms with van der Waals surface area (Å²) in [5.74, 6) is 0.676. The van der Waals surface area contributed by atoms with Crippen molar-refractivity contribution in [2.24, 2.45) is 0 Å². The quantitative estimate of drug-likeness (QED) is 0.835. The fraction of sp³-hybridized carbons (Fsp3) is 0.412. The largest absolute Gasteiger partial charge is 0.334 e. The Hall–Kier alpha value is -2.33. The molecule has 1 saturated carbocycles. The van der Waals surface area contributed by atoms with Crippen LogP contribution in [-0.4, -0.2) is 24.0 Å². The lowest BCUT2D eigenvalue weighted by molar-refractivity contribution is 0.414. The summed E-state index contributed by atoms with van der Waals surface area (Å²) in [6, 6.07) is 8.74. The summed E-state index contributed by atoms with van der Waals surface area (Å²) in [5, 5.41) is 9.18. The van der Waals surface area contributed by atoms with Crippen LogP contribution in [0.3, 0.4) is 0 Å². The molecule has 24 heavy (non-hydrogen) atoms. The number of hydrogen-bond acceptors (Lipinski definition) is 4. The fourth-order valence-electron chi connectivity index (χ4n) is 2.90. The minimum absolute atomic E-state index is 0.0658. The van der Waals surface area contributed by atoms with Crippen LogP contribution < -0.4 is 4.31 Å². The summed E-state index contributed by atoms with van der Waals surface area (Å²) in [4.78, 5) is 4.25. The van der Waals surface area contributed by atoms with Crippen LogP contribution in [0.4, 0.5) is 5.69 Å². The van der Waals surface area contributed by atoms with Gasteiger partial charge in [-0.15, -0.1) is 0 Å². The first kappa shape index (κ1) is 16.5. The number of benzene rings is 1. The maximum Gasteiger partial charge on any atom is 0.283 e. The van der Waals surface area contributed by atoms with Crippen molar-refractivity contribution in [2.45, 2.75) is 50.7 Å². The van der Waals surface area contributed by atoms with Gasteiger partial charge in [-0.25, -0.2) is 4.98 Å². The summed E-state index contributed by atoms with van der Waals surface area (Å²) in [5.41, 5.74) is 0.977. The van der Waals surface area contributed by atoms with E-state index in [-0.39, 0.29) is 11.1 Å². The van der Waals surface area contributed by atoms with Gasteiger partial charge in [-0.05, 0) is 51.3 Å². The van der Waals surface area contributed by atoms with E-state index in [1.54, 1.807) is 37.4 Å². The van der Waals surface area contributed by atoms with Gasteiger partial charge in [-0.1, -0.05) is 6.07 Å². The molecule has 0 saturated heterocycles. The Morgan fingerprint density at radius 1 is 1.42 bits per heavy atom. The maximum absolute atomic E-state index is 13.2. The van der Waals surface area contributed by atoms with Crippen LogP contribution in [0.15, 0.2) is 35.5 Å². The van der Waals surface area contributed by atoms with Crippen molar-refractivity contribution < 1.29 is 8.42 Å². The summed E-state index contributed by atoms with van der Waals surface area (Å²) >= 11 is 0. The van der Waals surface area contributed by atoms with Gasteiger partial charge in [-0.3, -0.25) is 4.31 Å². The van der Waals surface area contributed by atoms with Crippen LogP contribution >= 0.6 is 0 Å². The van der Waals surface area contributed by atoms with Crippen molar-refractivity contribution in [3.8, 4) is 6.07 Å². The zero-order chi connectivity index (χ0) is 17.3. The first-order valence-corrected chi connectivity index (χ1v) is 9.49. The summed E-state index contributed by atoms with van der Waals surface area (Å²) in [7, 11) is -3.76. The third-order valence-corrected chi connectivity index (χ3v) is 6.21. The molecular weight excluding hydrogens is 324 g/mol. The van der Waals surface area contributed by atoms with Crippen molar-refractivity contribution in [2.75, 3.05) is 4.31 Å². The first-order valence-electron chi connectivity index (χ1n) is 8.05. The molecule has 0 N–H and O–H groups in total. The molecule has 0 aliphatic heterocycles. The summed E-state index contributed by atoms with van der Waals surface area (Å²) in [6.07, 6.45) is 4.24. The molecule has 0 amide bonds. The Kier molecular flexibility index (Phi) is 4.33. The van der Waals surface area contributed by atoms with Gasteiger partial charge >= 0.3 is 0 Å². The maximum atomic E-state index is 13.2. The Balaban J connectivity index is 2.09. The third-order valence-electron chi connectivity index (χ3n) is 4.45. The molecule has 0 atom stereocenters. The number of aromatic nitrogens is 2. The zero-order valence-corrected chi connectivity index (χ0v) is 14.6. The van der Waals surface area contributed by atoms with Gasteiger partial charge in [0.15, 0.2) is 5.03 Å². The normalized spacial score (nSPS) is 14.9. The number of rotatable bonds is 5. The number of nitrogens with zero attached hydrogens (tertiary/aromatic N) is 4. The number of hydrogen-bond donors (Lipinski definition) is 0. The first-order chi connectivity index (χ1) is 11.5. The molecule has 1 aliphatic carbocycles. The second-order valence-corrected chi connectivity index (χ2v) is 7.72. The van der Waals surface area contributed by atoms with E-state index in [4.69, 9.17) is 5.26 Å². The van der Waals surface area contributed by atoms with Crippen molar-refractivity contribution >= 4 is 15.7 Å². The fourth-order valence-corrected chi connectivity index (χ4v) is 4.61. The van der Waals surface area contributed by atoms with Crippen molar-refractivity contribution in [3.63, 3.8) is 0 Å². The van der Waals surface area contributed by atoms with Crippen molar-refractivity contribution in [1.82, 2.24) is 9.55 Å². The van der Waals surface area contributed by atoms with Crippen LogP contribution in [-0.2, 0) is 16.6 Å². The lowest BCUT2D eigenvalue weighted by Gasteiger charge is -2.37. The molecule has 126 valence electrons. The predicted molar refractivity (Wildman–Crippen MR) is 91.1 cm³/mol. The highest BCUT2D eigenvalue weighted by Crippen LogP contribution is 2.34. The molecule has 6 nitrogen and oxygen atoms in total. The van der Waals surface area contributed by atoms with Crippen molar-refractivity contribution in [3.05, 3.63) is 41.9 Å². The molecule has 1 aliphatic rings. The number of aryl methyl sites for hydroxylation is 2. The molecule has 0 spiro atoms. The molecule has 3 rings (SSSR count). The summed E-state index contributed by atoms with van der Waals surface area (Å²) < 4.78 is 29.7. The second-order valence-electron chi connectivity index (χ2n) is 5.96. The Morgan fingerprint density at radius 2 is 2.17 bits per heavy atom. The van der Waals surface area contributed by atoms with E-state index in [9.17, 15) is 8.42 Å². The van der Waals surface area contributed by atoms with Crippen LogP contribution in [0.1, 0.15) is 37.6 Å². The molecular formula is C17H20N4O2S. The van der Waals surface area contributed by atoms with E-state index in [0.29, 0.717) is 23.6 Å². The predicted octanol–water partition coefficient (Wildman–Crippen LogP) is 2.83. The minimum Gasteiger partial charge on any atom is -0.334 e. The Bertz CT molecular complexity index is 892. The Labute approximate surface area is 142 Å². The van der Waals surface area contributed by atoms with Gasteiger partial charge in [0.25, 0.3) is 10.0 Å². The average Bonchev–Trinajstić information content (AvgIpc) is 2.92. The molecule has 1 fully saturated rings. The molecule has 0 unspecified atom stereocenters. The number of nitriles is 1. The van der Waals surface area contributed by atoms with Gasteiger partial charge in [-0.2, -0.15) is 13.7 Å². The van der Waals surface area contributed by atoms with Crippen molar-refractivity contribution in [1.29, 1.82) is 5.26 Å². The zero-order valence-electron chi connectivity index (χ0n) is 13.8. The van der Waals surface area contributed by atoms with E-state index in [0.717, 1.165) is 19.3 Å². The van der Waals surface area contributed by atoms with E-state index < -0.39 is 10.0 Å². The lowest BCUT2D eigenvalue weighted by Crippen LogP contribution is -2.44. The average molecular weight is 344 g/mol. The smallest absolute Gasteiger partial charge is 0.283 e. The second kappa shape index (κ2) is 6.29. The lowest BCUT2D eigenvalue weighted by atomic mass is 9.93. The summed E-state index contributed by atoms with van der Waals surface area (Å²) in [6.45, 7) is 4.42. The van der Waals surface area contributed by atoms with Gasteiger partial charge in [0.1, 0.15) is 5.82 Å². The topological polar surface area (TPSA) is 79.0 Å². The van der Waals surface area contributed by atoms with Gasteiger partial charge < -0.3 is 4.57 Å². The molecule has 1 aromatic carbocycles. The van der Waals surface area contributed by atoms with E-state index in [1.165, 1.54) is 4.31 Å². The molecule has 0 bridgehead atoms. The SMILES string of the molecule is CCn1cc(S(=O)(=O)N(c2cccc(C#N)c2)C2CCC2)nc1C. The number of imidazole rings is 1. The highest BCUT2D eigenvalue weighted by molar-refractivity contribution is 7.92. The molecule has 7 heteroatoms. The van der Waals surface area contributed by atoms with Crippen LogP contribution in [0.2, 0.25) is 0 Å². The van der Waals surface area contributed by atoms with Crippen LogP contribution in [0, 0.1) is 18.3 Å². The van der Waals surface area contributed by atoms with Gasteiger partial charge in [0.2, 0.25) is 0 Å². The highest BCUT2D eigenvalue weighted by Gasteiger charge is 2.36. The Morgan fingerprint density at radius 3 is 2.71 bits per heavy atom. The number of anilines is 1. The molecule has 1 aromatic heterocycles. The van der Waals surface area contributed by atoms with E-state index in [1.807, 2.05) is 11.5 Å². The number of sulfonamides is 1. The van der Waals surface area contributed by atoms with Crippen LogP contribution in [0.25, 0.3) is 0 Å². The minimum atomic E-state index is -3.76. The van der Waals surface area contributed by atoms with Crippen LogP contribution in [0.5, 0.6) is 0 Å². The molecule has 0 radical (unpaired) electrons. The third kappa shape index (κ3) is 2.78. The molecule has 2 aromatic rings. The standard InChI is InChI=1S/C17H20N4O2S/c1-3-20-12-17(19-13(20)2)24(22,23)21(15-7-5-8-15)16-9-4-6-14(10-16)11-18/h4,6,9-10,12,15H,3,5,7-8H2,1-2H3. The highest BCUT2D eigenvalue weighted by atomic mass is 32.2.